The number of carbonyl (C=O) groups is 1. The Balaban J connectivity index is 1.65. The maximum absolute atomic E-state index is 13.0. The van der Waals surface area contributed by atoms with Crippen molar-refractivity contribution in [3.63, 3.8) is 0 Å². The van der Waals surface area contributed by atoms with Gasteiger partial charge in [-0.1, -0.05) is 48.5 Å². The van der Waals surface area contributed by atoms with Crippen LogP contribution in [0, 0.1) is 0 Å². The molecule has 4 rings (SSSR count). The van der Waals surface area contributed by atoms with Crippen LogP contribution in [0.5, 0.6) is 5.88 Å². The van der Waals surface area contributed by atoms with Crippen molar-refractivity contribution in [2.75, 3.05) is 25.6 Å². The molecule has 0 aliphatic rings. The van der Waals surface area contributed by atoms with Gasteiger partial charge in [0.25, 0.3) is 5.91 Å². The molecule has 0 saturated heterocycles. The van der Waals surface area contributed by atoms with Crippen molar-refractivity contribution in [3.05, 3.63) is 84.8 Å². The van der Waals surface area contributed by atoms with E-state index < -0.39 is 5.91 Å². The molecule has 2 heterocycles. The number of para-hydroxylation sites is 1. The molecule has 0 saturated carbocycles. The maximum atomic E-state index is 13.0. The maximum Gasteiger partial charge on any atom is 0.295 e. The van der Waals surface area contributed by atoms with Gasteiger partial charge in [0, 0.05) is 18.9 Å². The predicted molar refractivity (Wildman–Crippen MR) is 116 cm³/mol. The van der Waals surface area contributed by atoms with E-state index in [0.717, 1.165) is 11.3 Å². The van der Waals surface area contributed by atoms with Gasteiger partial charge in [0.05, 0.1) is 12.3 Å². The van der Waals surface area contributed by atoms with E-state index in [-0.39, 0.29) is 5.82 Å². The Hall–Kier alpha value is -4.04. The van der Waals surface area contributed by atoms with E-state index in [1.807, 2.05) is 60.7 Å². The zero-order valence-electron chi connectivity index (χ0n) is 16.9. The highest BCUT2D eigenvalue weighted by molar-refractivity contribution is 6.02. The molecule has 156 valence electrons. The van der Waals surface area contributed by atoms with Crippen LogP contribution in [0.1, 0.15) is 10.6 Å². The van der Waals surface area contributed by atoms with Crippen molar-refractivity contribution in [2.45, 2.75) is 0 Å². The summed E-state index contributed by atoms with van der Waals surface area (Å²) < 4.78 is 12.2. The van der Waals surface area contributed by atoms with Gasteiger partial charge >= 0.3 is 0 Å². The lowest BCUT2D eigenvalue weighted by molar-refractivity contribution is 0.101. The van der Waals surface area contributed by atoms with Crippen molar-refractivity contribution >= 4 is 11.6 Å². The van der Waals surface area contributed by atoms with Crippen molar-refractivity contribution in [2.24, 2.45) is 0 Å². The van der Waals surface area contributed by atoms with Gasteiger partial charge in [-0.3, -0.25) is 4.79 Å². The number of hydrogen-bond donors (Lipinski definition) is 1. The van der Waals surface area contributed by atoms with Gasteiger partial charge in [-0.25, -0.2) is 14.6 Å². The number of hydrogen-bond acceptors (Lipinski definition) is 6. The van der Waals surface area contributed by atoms with Gasteiger partial charge in [-0.15, -0.1) is 5.10 Å². The molecule has 0 aliphatic carbocycles. The van der Waals surface area contributed by atoms with Crippen LogP contribution in [0.25, 0.3) is 17.1 Å². The number of rotatable bonds is 8. The number of benzene rings is 2. The number of ether oxygens (including phenoxy) is 2. The Labute approximate surface area is 179 Å². The van der Waals surface area contributed by atoms with Gasteiger partial charge in [0.2, 0.25) is 11.7 Å². The van der Waals surface area contributed by atoms with E-state index in [1.54, 1.807) is 30.1 Å². The average Bonchev–Trinajstić information content (AvgIpc) is 3.27. The number of anilines is 1. The Morgan fingerprint density at radius 3 is 2.45 bits per heavy atom. The van der Waals surface area contributed by atoms with Gasteiger partial charge < -0.3 is 14.8 Å². The van der Waals surface area contributed by atoms with Crippen LogP contribution in [0.3, 0.4) is 0 Å². The molecule has 0 atom stereocenters. The molecule has 0 aliphatic heterocycles. The molecular weight excluding hydrogens is 394 g/mol. The van der Waals surface area contributed by atoms with Crippen molar-refractivity contribution in [3.8, 4) is 23.0 Å². The minimum absolute atomic E-state index is 0.0365. The highest BCUT2D eigenvalue weighted by atomic mass is 16.5. The Bertz CT molecular complexity index is 1090. The van der Waals surface area contributed by atoms with E-state index in [2.05, 4.69) is 20.4 Å². The topological polar surface area (TPSA) is 91.2 Å². The summed E-state index contributed by atoms with van der Waals surface area (Å²) in [5.74, 6) is 0.448. The van der Waals surface area contributed by atoms with E-state index in [0.29, 0.717) is 30.6 Å². The molecule has 0 spiro atoms. The molecule has 1 amide bonds. The zero-order chi connectivity index (χ0) is 21.5. The van der Waals surface area contributed by atoms with Crippen LogP contribution in [-0.2, 0) is 4.74 Å². The summed E-state index contributed by atoms with van der Waals surface area (Å²) in [4.78, 5) is 21.7. The number of pyridine rings is 1. The quantitative estimate of drug-likeness (QED) is 0.442. The number of carbonyl (C=O) groups excluding carboxylic acids is 1. The van der Waals surface area contributed by atoms with E-state index >= 15 is 0 Å². The summed E-state index contributed by atoms with van der Waals surface area (Å²) in [5.41, 5.74) is 2.08. The molecule has 2 aromatic carbocycles. The fraction of sp³-hybridized carbons (Fsp3) is 0.130. The molecule has 0 fully saturated rings. The first-order valence-electron chi connectivity index (χ1n) is 9.72. The number of methoxy groups -OCH3 is 1. The highest BCUT2D eigenvalue weighted by Gasteiger charge is 2.20. The molecule has 0 bridgehead atoms. The van der Waals surface area contributed by atoms with Crippen LogP contribution in [0.2, 0.25) is 0 Å². The fourth-order valence-corrected chi connectivity index (χ4v) is 2.93. The molecular formula is C23H21N5O3. The minimum atomic E-state index is -0.462. The summed E-state index contributed by atoms with van der Waals surface area (Å²) in [6, 6.07) is 22.6. The summed E-state index contributed by atoms with van der Waals surface area (Å²) in [6.45, 7) is 0.725. The number of nitrogens with one attached hydrogen (secondary N) is 1. The van der Waals surface area contributed by atoms with Crippen LogP contribution in [-0.4, -0.2) is 46.0 Å². The SMILES string of the molecule is COCCOc1ncccc1NC(=O)c1nc(-c2ccccc2)n(-c2ccccc2)n1. The van der Waals surface area contributed by atoms with Crippen molar-refractivity contribution < 1.29 is 14.3 Å². The molecule has 8 heteroatoms. The average molecular weight is 415 g/mol. The van der Waals surface area contributed by atoms with Crippen LogP contribution < -0.4 is 10.1 Å². The molecule has 8 nitrogen and oxygen atoms in total. The third-order valence-corrected chi connectivity index (χ3v) is 4.39. The summed E-state index contributed by atoms with van der Waals surface area (Å²) in [6.07, 6.45) is 1.59. The summed E-state index contributed by atoms with van der Waals surface area (Å²) >= 11 is 0. The fourth-order valence-electron chi connectivity index (χ4n) is 2.93. The first kappa shape index (κ1) is 20.2. The number of aromatic nitrogens is 4. The van der Waals surface area contributed by atoms with Gasteiger partial charge in [0.15, 0.2) is 5.82 Å². The van der Waals surface area contributed by atoms with E-state index in [1.165, 1.54) is 0 Å². The summed E-state index contributed by atoms with van der Waals surface area (Å²) in [5, 5.41) is 7.26. The van der Waals surface area contributed by atoms with Crippen LogP contribution in [0.15, 0.2) is 79.0 Å². The number of nitrogens with zero attached hydrogens (tertiary/aromatic N) is 4. The standard InChI is InChI=1S/C23H21N5O3/c1-30-15-16-31-23-19(13-8-14-24-23)25-22(29)20-26-21(17-9-4-2-5-10-17)28(27-20)18-11-6-3-7-12-18/h2-14H,15-16H2,1H3,(H,25,29). The third kappa shape index (κ3) is 4.76. The Morgan fingerprint density at radius 1 is 0.968 bits per heavy atom. The summed E-state index contributed by atoms with van der Waals surface area (Å²) in [7, 11) is 1.59. The number of amides is 1. The second-order valence-corrected chi connectivity index (χ2v) is 6.52. The monoisotopic (exact) mass is 415 g/mol. The van der Waals surface area contributed by atoms with Gasteiger partial charge in [-0.2, -0.15) is 0 Å². The Kier molecular flexibility index (Phi) is 6.29. The van der Waals surface area contributed by atoms with Crippen molar-refractivity contribution in [1.29, 1.82) is 0 Å². The lowest BCUT2D eigenvalue weighted by atomic mass is 10.2. The molecule has 0 radical (unpaired) electrons. The molecule has 0 unspecified atom stereocenters. The molecule has 2 aromatic heterocycles. The first-order chi connectivity index (χ1) is 15.3. The largest absolute Gasteiger partial charge is 0.474 e. The van der Waals surface area contributed by atoms with Gasteiger partial charge in [0.1, 0.15) is 12.3 Å². The molecule has 4 aromatic rings. The lowest BCUT2D eigenvalue weighted by Crippen LogP contribution is -2.16. The minimum Gasteiger partial charge on any atom is -0.474 e. The van der Waals surface area contributed by atoms with E-state index in [9.17, 15) is 4.79 Å². The molecule has 31 heavy (non-hydrogen) atoms. The smallest absolute Gasteiger partial charge is 0.295 e. The highest BCUT2D eigenvalue weighted by Crippen LogP contribution is 2.23. The first-order valence-corrected chi connectivity index (χ1v) is 9.72. The second kappa shape index (κ2) is 9.64. The predicted octanol–water partition coefficient (Wildman–Crippen LogP) is 3.61. The normalized spacial score (nSPS) is 10.6. The van der Waals surface area contributed by atoms with Crippen molar-refractivity contribution in [1.82, 2.24) is 19.7 Å². The van der Waals surface area contributed by atoms with Crippen LogP contribution in [0.4, 0.5) is 5.69 Å². The van der Waals surface area contributed by atoms with Crippen LogP contribution >= 0.6 is 0 Å². The molecule has 1 N–H and O–H groups in total. The third-order valence-electron chi connectivity index (χ3n) is 4.39. The van der Waals surface area contributed by atoms with Gasteiger partial charge in [-0.05, 0) is 24.3 Å². The second-order valence-electron chi connectivity index (χ2n) is 6.52. The lowest BCUT2D eigenvalue weighted by Gasteiger charge is -2.09. The zero-order valence-corrected chi connectivity index (χ0v) is 16.9. The van der Waals surface area contributed by atoms with E-state index in [4.69, 9.17) is 9.47 Å². The Morgan fingerprint density at radius 2 is 1.71 bits per heavy atom.